The van der Waals surface area contributed by atoms with Crippen molar-refractivity contribution in [2.75, 3.05) is 11.9 Å². The predicted octanol–water partition coefficient (Wildman–Crippen LogP) is 1.46. The largest absolute Gasteiger partial charge is 0.391 e. The second-order valence-electron chi connectivity index (χ2n) is 5.86. The van der Waals surface area contributed by atoms with Crippen LogP contribution in [-0.4, -0.2) is 29.6 Å². The van der Waals surface area contributed by atoms with Crippen LogP contribution in [0.3, 0.4) is 0 Å². The molecule has 0 aromatic heterocycles. The van der Waals surface area contributed by atoms with E-state index in [0.717, 1.165) is 5.56 Å². The minimum atomic E-state index is -0.753. The first kappa shape index (κ1) is 16.2. The average molecular weight is 278 g/mol. The number of carbonyl (C=O) groups excluding carboxylic acids is 2. The van der Waals surface area contributed by atoms with Gasteiger partial charge in [-0.25, -0.2) is 0 Å². The van der Waals surface area contributed by atoms with Gasteiger partial charge in [0.1, 0.15) is 0 Å². The molecule has 0 bridgehead atoms. The van der Waals surface area contributed by atoms with Crippen LogP contribution >= 0.6 is 0 Å². The quantitative estimate of drug-likeness (QED) is 0.732. The summed E-state index contributed by atoms with van der Waals surface area (Å²) >= 11 is 0. The summed E-state index contributed by atoms with van der Waals surface area (Å²) in [4.78, 5) is 23.4. The van der Waals surface area contributed by atoms with Crippen molar-refractivity contribution in [2.24, 2.45) is 5.41 Å². The number of amides is 2. The number of nitrogens with one attached hydrogen (secondary N) is 2. The zero-order chi connectivity index (χ0) is 15.3. The molecule has 0 aliphatic carbocycles. The standard InChI is InChI=1S/C15H22N2O3/c1-10-7-5-6-8-11(10)17-14(20)13(19)16-9-12(18)15(2,3)4/h5-8,12,18H,9H2,1-4H3,(H,16,19)(H,17,20). The number of anilines is 1. The van der Waals surface area contributed by atoms with Crippen LogP contribution in [0.25, 0.3) is 0 Å². The van der Waals surface area contributed by atoms with Crippen LogP contribution < -0.4 is 10.6 Å². The predicted molar refractivity (Wildman–Crippen MR) is 78.3 cm³/mol. The first-order chi connectivity index (χ1) is 9.21. The lowest BCUT2D eigenvalue weighted by molar-refractivity contribution is -0.136. The first-order valence-corrected chi connectivity index (χ1v) is 6.54. The maximum absolute atomic E-state index is 11.7. The van der Waals surface area contributed by atoms with Crippen LogP contribution in [0.2, 0.25) is 0 Å². The highest BCUT2D eigenvalue weighted by Gasteiger charge is 2.23. The molecule has 1 atom stereocenters. The van der Waals surface area contributed by atoms with Crippen LogP contribution in [0, 0.1) is 12.3 Å². The number of hydrogen-bond acceptors (Lipinski definition) is 3. The van der Waals surface area contributed by atoms with Gasteiger partial charge in [0, 0.05) is 12.2 Å². The van der Waals surface area contributed by atoms with E-state index in [2.05, 4.69) is 10.6 Å². The molecule has 2 amide bonds. The number of para-hydroxylation sites is 1. The van der Waals surface area contributed by atoms with Gasteiger partial charge in [0.2, 0.25) is 0 Å². The number of benzene rings is 1. The summed E-state index contributed by atoms with van der Waals surface area (Å²) in [5.41, 5.74) is 1.13. The fraction of sp³-hybridized carbons (Fsp3) is 0.467. The van der Waals surface area contributed by atoms with Crippen molar-refractivity contribution < 1.29 is 14.7 Å². The van der Waals surface area contributed by atoms with Gasteiger partial charge in [0.15, 0.2) is 0 Å². The molecule has 1 unspecified atom stereocenters. The van der Waals surface area contributed by atoms with Gasteiger partial charge in [-0.15, -0.1) is 0 Å². The van der Waals surface area contributed by atoms with Crippen molar-refractivity contribution in [3.05, 3.63) is 29.8 Å². The van der Waals surface area contributed by atoms with E-state index in [1.54, 1.807) is 12.1 Å². The molecule has 0 fully saturated rings. The van der Waals surface area contributed by atoms with Gasteiger partial charge >= 0.3 is 11.8 Å². The highest BCUT2D eigenvalue weighted by atomic mass is 16.3. The Labute approximate surface area is 119 Å². The molecule has 0 spiro atoms. The zero-order valence-electron chi connectivity index (χ0n) is 12.4. The van der Waals surface area contributed by atoms with Gasteiger partial charge in [-0.05, 0) is 24.0 Å². The smallest absolute Gasteiger partial charge is 0.313 e. The second kappa shape index (κ2) is 6.52. The molecule has 20 heavy (non-hydrogen) atoms. The summed E-state index contributed by atoms with van der Waals surface area (Å²) in [6, 6.07) is 7.20. The molecule has 1 rings (SSSR count). The lowest BCUT2D eigenvalue weighted by atomic mass is 9.89. The summed E-state index contributed by atoms with van der Waals surface area (Å²) in [5.74, 6) is -1.49. The molecule has 0 aliphatic heterocycles. The minimum absolute atomic E-state index is 0.0452. The molecule has 0 heterocycles. The second-order valence-corrected chi connectivity index (χ2v) is 5.86. The van der Waals surface area contributed by atoms with Crippen molar-refractivity contribution in [3.63, 3.8) is 0 Å². The maximum Gasteiger partial charge on any atom is 0.313 e. The highest BCUT2D eigenvalue weighted by molar-refractivity contribution is 6.39. The third-order valence-electron chi connectivity index (χ3n) is 3.06. The van der Waals surface area contributed by atoms with Crippen LogP contribution in [0.5, 0.6) is 0 Å². The van der Waals surface area contributed by atoms with Crippen LogP contribution in [0.1, 0.15) is 26.3 Å². The minimum Gasteiger partial charge on any atom is -0.391 e. The summed E-state index contributed by atoms with van der Waals surface area (Å²) in [5, 5.41) is 14.8. The number of hydrogen-bond donors (Lipinski definition) is 3. The van der Waals surface area contributed by atoms with E-state index >= 15 is 0 Å². The Hall–Kier alpha value is -1.88. The monoisotopic (exact) mass is 278 g/mol. The lowest BCUT2D eigenvalue weighted by Crippen LogP contribution is -2.43. The van der Waals surface area contributed by atoms with E-state index in [-0.39, 0.29) is 12.0 Å². The number of aliphatic hydroxyl groups is 1. The summed E-state index contributed by atoms with van der Waals surface area (Å²) in [7, 11) is 0. The molecule has 0 aliphatic rings. The third kappa shape index (κ3) is 4.66. The number of aryl methyl sites for hydroxylation is 1. The first-order valence-electron chi connectivity index (χ1n) is 6.54. The summed E-state index contributed by atoms with van der Waals surface area (Å²) < 4.78 is 0. The van der Waals surface area contributed by atoms with Crippen molar-refractivity contribution in [1.82, 2.24) is 5.32 Å². The molecular weight excluding hydrogens is 256 g/mol. The summed E-state index contributed by atoms with van der Waals surface area (Å²) in [6.45, 7) is 7.46. The Kier molecular flexibility index (Phi) is 5.27. The van der Waals surface area contributed by atoms with E-state index in [9.17, 15) is 14.7 Å². The number of rotatable bonds is 3. The molecule has 3 N–H and O–H groups in total. The van der Waals surface area contributed by atoms with E-state index in [1.807, 2.05) is 39.8 Å². The number of aliphatic hydroxyl groups excluding tert-OH is 1. The van der Waals surface area contributed by atoms with Gasteiger partial charge in [0.05, 0.1) is 6.10 Å². The van der Waals surface area contributed by atoms with Crippen LogP contribution in [0.4, 0.5) is 5.69 Å². The SMILES string of the molecule is Cc1ccccc1NC(=O)C(=O)NCC(O)C(C)(C)C. The third-order valence-corrected chi connectivity index (χ3v) is 3.06. The topological polar surface area (TPSA) is 78.4 Å². The fourth-order valence-corrected chi connectivity index (χ4v) is 1.47. The van der Waals surface area contributed by atoms with Crippen molar-refractivity contribution in [1.29, 1.82) is 0 Å². The highest BCUT2D eigenvalue weighted by Crippen LogP contribution is 2.18. The van der Waals surface area contributed by atoms with Gasteiger partial charge < -0.3 is 15.7 Å². The van der Waals surface area contributed by atoms with Crippen LogP contribution in [0.15, 0.2) is 24.3 Å². The van der Waals surface area contributed by atoms with Crippen molar-refractivity contribution in [2.45, 2.75) is 33.8 Å². The fourth-order valence-electron chi connectivity index (χ4n) is 1.47. The molecule has 5 heteroatoms. The zero-order valence-corrected chi connectivity index (χ0v) is 12.4. The van der Waals surface area contributed by atoms with Gasteiger partial charge in [-0.3, -0.25) is 9.59 Å². The van der Waals surface area contributed by atoms with Crippen molar-refractivity contribution >= 4 is 17.5 Å². The van der Waals surface area contributed by atoms with E-state index < -0.39 is 17.9 Å². The summed E-state index contributed by atoms with van der Waals surface area (Å²) in [6.07, 6.45) is -0.710. The maximum atomic E-state index is 11.7. The van der Waals surface area contributed by atoms with E-state index in [1.165, 1.54) is 0 Å². The molecule has 1 aromatic carbocycles. The van der Waals surface area contributed by atoms with Gasteiger partial charge in [-0.1, -0.05) is 39.0 Å². The lowest BCUT2D eigenvalue weighted by Gasteiger charge is -2.25. The molecular formula is C15H22N2O3. The Morgan fingerprint density at radius 1 is 1.20 bits per heavy atom. The Bertz CT molecular complexity index is 492. The van der Waals surface area contributed by atoms with Crippen molar-refractivity contribution in [3.8, 4) is 0 Å². The molecule has 0 saturated heterocycles. The molecule has 0 radical (unpaired) electrons. The Morgan fingerprint density at radius 2 is 1.80 bits per heavy atom. The molecule has 1 aromatic rings. The van der Waals surface area contributed by atoms with E-state index in [4.69, 9.17) is 0 Å². The Morgan fingerprint density at radius 3 is 2.35 bits per heavy atom. The van der Waals surface area contributed by atoms with Gasteiger partial charge in [-0.2, -0.15) is 0 Å². The number of carbonyl (C=O) groups is 2. The average Bonchev–Trinajstić information content (AvgIpc) is 2.36. The van der Waals surface area contributed by atoms with E-state index in [0.29, 0.717) is 5.69 Å². The Balaban J connectivity index is 2.53. The van der Waals surface area contributed by atoms with Gasteiger partial charge in [0.25, 0.3) is 0 Å². The normalized spacial score (nSPS) is 12.7. The van der Waals surface area contributed by atoms with Crippen LogP contribution in [-0.2, 0) is 9.59 Å². The molecule has 110 valence electrons. The molecule has 0 saturated carbocycles. The molecule has 5 nitrogen and oxygen atoms in total.